The van der Waals surface area contributed by atoms with Crippen molar-refractivity contribution in [2.75, 3.05) is 39.3 Å². The number of piperidine rings is 2. The molecule has 0 spiro atoms. The van der Waals surface area contributed by atoms with Crippen molar-refractivity contribution < 1.29 is 39.0 Å². The van der Waals surface area contributed by atoms with Crippen LogP contribution in [0.2, 0.25) is 0 Å². The van der Waals surface area contributed by atoms with Crippen LogP contribution in [-0.4, -0.2) is 94.4 Å². The number of carbonyl (C=O) groups excluding carboxylic acids is 4. The summed E-state index contributed by atoms with van der Waals surface area (Å²) in [6.07, 6.45) is 4.81. The molecule has 0 aliphatic carbocycles. The van der Waals surface area contributed by atoms with Gasteiger partial charge in [-0.25, -0.2) is 0 Å². The summed E-state index contributed by atoms with van der Waals surface area (Å²) < 4.78 is 0. The molecule has 0 aromatic heterocycles. The molecule has 2 saturated heterocycles. The van der Waals surface area contributed by atoms with Crippen molar-refractivity contribution in [3.8, 4) is 0 Å². The zero-order valence-corrected chi connectivity index (χ0v) is 19.7. The van der Waals surface area contributed by atoms with Crippen LogP contribution in [0, 0.1) is 11.8 Å². The summed E-state index contributed by atoms with van der Waals surface area (Å²) in [5.41, 5.74) is 0. The van der Waals surface area contributed by atoms with E-state index in [4.69, 9.17) is 10.2 Å². The predicted molar refractivity (Wildman–Crippen MR) is 121 cm³/mol. The number of hydrogen-bond acceptors (Lipinski definition) is 8. The Bertz CT molecular complexity index is 681. The molecule has 0 unspecified atom stereocenters. The minimum atomic E-state index is -0.846. The van der Waals surface area contributed by atoms with Crippen molar-refractivity contribution in [3.63, 3.8) is 0 Å². The largest absolute Gasteiger partial charge is 0.481 e. The van der Waals surface area contributed by atoms with Crippen LogP contribution in [0.3, 0.4) is 0 Å². The van der Waals surface area contributed by atoms with Gasteiger partial charge in [-0.2, -0.15) is 0 Å². The van der Waals surface area contributed by atoms with Gasteiger partial charge in [-0.05, 0) is 25.7 Å². The molecule has 0 bridgehead atoms. The van der Waals surface area contributed by atoms with E-state index in [1.165, 1.54) is 0 Å². The molecular weight excluding hydrogens is 444 g/mol. The maximum absolute atomic E-state index is 12.5. The van der Waals surface area contributed by atoms with Gasteiger partial charge in [0.2, 0.25) is 0 Å². The third kappa shape index (κ3) is 9.42. The summed E-state index contributed by atoms with van der Waals surface area (Å²) in [4.78, 5) is 74.4. The second-order valence-corrected chi connectivity index (χ2v) is 9.38. The van der Waals surface area contributed by atoms with Gasteiger partial charge in [0.25, 0.3) is 0 Å². The summed E-state index contributed by atoms with van der Waals surface area (Å²) in [6, 6.07) is 0. The van der Waals surface area contributed by atoms with Crippen LogP contribution in [0.15, 0.2) is 0 Å². The molecule has 0 saturated carbocycles. The van der Waals surface area contributed by atoms with Crippen molar-refractivity contribution in [2.24, 2.45) is 11.8 Å². The van der Waals surface area contributed by atoms with E-state index in [1.54, 1.807) is 9.80 Å². The third-order valence-electron chi connectivity index (χ3n) is 6.57. The fourth-order valence-electron chi connectivity index (χ4n) is 4.64. The minimum Gasteiger partial charge on any atom is -0.481 e. The summed E-state index contributed by atoms with van der Waals surface area (Å²) in [5, 5.41) is 17.3. The lowest BCUT2D eigenvalue weighted by Crippen LogP contribution is -2.52. The second kappa shape index (κ2) is 14.1. The highest BCUT2D eigenvalue weighted by Crippen LogP contribution is 2.20. The maximum Gasteiger partial charge on any atom is 0.303 e. The molecule has 0 amide bonds. The second-order valence-electron chi connectivity index (χ2n) is 9.38. The van der Waals surface area contributed by atoms with Crippen LogP contribution in [-0.2, 0) is 28.8 Å². The van der Waals surface area contributed by atoms with Gasteiger partial charge in [0.05, 0.1) is 38.0 Å². The number of carbonyl (C=O) groups is 6. The predicted octanol–water partition coefficient (Wildman–Crippen LogP) is 1.20. The normalized spacial score (nSPS) is 19.2. The summed E-state index contributed by atoms with van der Waals surface area (Å²) in [5.74, 6) is -3.41. The van der Waals surface area contributed by atoms with E-state index in [9.17, 15) is 28.8 Å². The molecular formula is C24H36N2O8. The molecule has 2 N–H and O–H groups in total. The first-order chi connectivity index (χ1) is 16.2. The molecule has 34 heavy (non-hydrogen) atoms. The number of carboxylic acids is 2. The van der Waals surface area contributed by atoms with Crippen LogP contribution in [0.1, 0.15) is 64.2 Å². The highest BCUT2D eigenvalue weighted by molar-refractivity contribution is 6.06. The molecule has 0 aromatic carbocycles. The van der Waals surface area contributed by atoms with E-state index in [1.807, 2.05) is 0 Å². The summed E-state index contributed by atoms with van der Waals surface area (Å²) >= 11 is 0. The van der Waals surface area contributed by atoms with Crippen molar-refractivity contribution >= 4 is 35.1 Å². The minimum absolute atomic E-state index is 0.0926. The number of unbranched alkanes of at least 4 members (excludes halogenated alkanes) is 4. The Morgan fingerprint density at radius 3 is 1.21 bits per heavy atom. The number of hydrogen-bond donors (Lipinski definition) is 2. The lowest BCUT2D eigenvalue weighted by Gasteiger charge is -2.34. The Hall–Kier alpha value is -2.46. The van der Waals surface area contributed by atoms with Gasteiger partial charge < -0.3 is 10.2 Å². The Kier molecular flexibility index (Phi) is 11.5. The molecule has 10 heteroatoms. The Morgan fingerprint density at radius 2 is 0.912 bits per heavy atom. The molecule has 2 aliphatic rings. The van der Waals surface area contributed by atoms with Gasteiger partial charge in [0.15, 0.2) is 23.1 Å². The number of aliphatic carboxylic acids is 2. The molecule has 2 aliphatic heterocycles. The van der Waals surface area contributed by atoms with E-state index in [0.717, 1.165) is 0 Å². The smallest absolute Gasteiger partial charge is 0.303 e. The molecule has 0 atom stereocenters. The molecule has 2 fully saturated rings. The van der Waals surface area contributed by atoms with Crippen LogP contribution in [0.5, 0.6) is 0 Å². The zero-order valence-electron chi connectivity index (χ0n) is 19.7. The molecule has 10 nitrogen and oxygen atoms in total. The Labute approximate surface area is 199 Å². The average molecular weight is 481 g/mol. The number of rotatable bonds is 15. The fourth-order valence-corrected chi connectivity index (χ4v) is 4.64. The monoisotopic (exact) mass is 480 g/mol. The molecule has 2 rings (SSSR count). The SMILES string of the molecule is O=C(O)CCCCCC1C(=O)CN(CCN2CC(=O)C(CCCCCC(=O)O)C(=O)C2)CC1=O. The topological polar surface area (TPSA) is 149 Å². The van der Waals surface area contributed by atoms with Crippen molar-refractivity contribution in [1.82, 2.24) is 9.80 Å². The Balaban J connectivity index is 1.68. The number of ketones is 4. The van der Waals surface area contributed by atoms with Crippen molar-refractivity contribution in [3.05, 3.63) is 0 Å². The summed E-state index contributed by atoms with van der Waals surface area (Å²) in [7, 11) is 0. The van der Waals surface area contributed by atoms with E-state index >= 15 is 0 Å². The Morgan fingerprint density at radius 1 is 0.588 bits per heavy atom. The highest BCUT2D eigenvalue weighted by atomic mass is 16.4. The number of Topliss-reactive ketones (excluding diaryl/α,β-unsaturated/α-hetero) is 4. The molecule has 0 radical (unpaired) electrons. The molecule has 190 valence electrons. The van der Waals surface area contributed by atoms with Gasteiger partial charge >= 0.3 is 11.9 Å². The van der Waals surface area contributed by atoms with Gasteiger partial charge in [-0.1, -0.05) is 25.7 Å². The average Bonchev–Trinajstić information content (AvgIpc) is 2.74. The maximum atomic E-state index is 12.5. The van der Waals surface area contributed by atoms with E-state index in [-0.39, 0.29) is 62.2 Å². The van der Waals surface area contributed by atoms with Crippen molar-refractivity contribution in [2.45, 2.75) is 64.2 Å². The first-order valence-corrected chi connectivity index (χ1v) is 12.2. The van der Waals surface area contributed by atoms with E-state index < -0.39 is 23.8 Å². The number of carboxylic acid groups (broad SMARTS) is 2. The van der Waals surface area contributed by atoms with Crippen LogP contribution >= 0.6 is 0 Å². The molecule has 2 heterocycles. The van der Waals surface area contributed by atoms with Gasteiger partial charge in [0.1, 0.15) is 0 Å². The van der Waals surface area contributed by atoms with Gasteiger partial charge in [-0.3, -0.25) is 38.6 Å². The van der Waals surface area contributed by atoms with Crippen LogP contribution in [0.4, 0.5) is 0 Å². The standard InChI is InChI=1S/C24H36N2O8/c27-19-13-25(14-20(28)17(19)7-3-1-5-9-23(31)32)11-12-26-15-21(29)18(22(30)16-26)8-4-2-6-10-24(33)34/h17-18H,1-16H2,(H,31,32)(H,33,34). The van der Waals surface area contributed by atoms with Crippen LogP contribution in [0.25, 0.3) is 0 Å². The third-order valence-corrected chi connectivity index (χ3v) is 6.57. The lowest BCUT2D eigenvalue weighted by molar-refractivity contribution is -0.142. The first-order valence-electron chi connectivity index (χ1n) is 12.2. The first kappa shape index (κ1) is 27.8. The zero-order chi connectivity index (χ0) is 25.1. The van der Waals surface area contributed by atoms with Gasteiger partial charge in [0, 0.05) is 25.9 Å². The van der Waals surface area contributed by atoms with E-state index in [0.29, 0.717) is 64.5 Å². The lowest BCUT2D eigenvalue weighted by atomic mass is 9.88. The van der Waals surface area contributed by atoms with Gasteiger partial charge in [-0.15, -0.1) is 0 Å². The number of likely N-dealkylation sites (tertiary alicyclic amines) is 2. The highest BCUT2D eigenvalue weighted by Gasteiger charge is 2.36. The number of nitrogens with zero attached hydrogens (tertiary/aromatic N) is 2. The van der Waals surface area contributed by atoms with Crippen LogP contribution < -0.4 is 0 Å². The van der Waals surface area contributed by atoms with Crippen molar-refractivity contribution in [1.29, 1.82) is 0 Å². The van der Waals surface area contributed by atoms with E-state index in [2.05, 4.69) is 0 Å². The molecule has 0 aromatic rings. The summed E-state index contributed by atoms with van der Waals surface area (Å²) in [6.45, 7) is 1.51. The fraction of sp³-hybridized carbons (Fsp3) is 0.750. The quantitative estimate of drug-likeness (QED) is 0.258.